The Kier molecular flexibility index (Phi) is 5.25. The Hall–Kier alpha value is -1.67. The van der Waals surface area contributed by atoms with Crippen molar-refractivity contribution in [3.05, 3.63) is 0 Å². The summed E-state index contributed by atoms with van der Waals surface area (Å²) in [4.78, 5) is 32.7. The van der Waals surface area contributed by atoms with Crippen molar-refractivity contribution < 1.29 is 38.4 Å². The van der Waals surface area contributed by atoms with E-state index in [1.165, 1.54) is 13.8 Å². The molecule has 0 amide bonds. The van der Waals surface area contributed by atoms with Crippen molar-refractivity contribution in [2.24, 2.45) is 0 Å². The normalized spacial score (nSPS) is 29.7. The van der Waals surface area contributed by atoms with Gasteiger partial charge in [-0.25, -0.2) is 0 Å². The van der Waals surface area contributed by atoms with Crippen LogP contribution in [0.1, 0.15) is 20.8 Å². The van der Waals surface area contributed by atoms with Crippen molar-refractivity contribution in [3.63, 3.8) is 0 Å². The molecule has 0 spiro atoms. The molecule has 1 aliphatic rings. The van der Waals surface area contributed by atoms with Gasteiger partial charge in [0, 0.05) is 20.8 Å². The highest BCUT2D eigenvalue weighted by atomic mass is 16.7. The molecule has 0 aromatic heterocycles. The second kappa shape index (κ2) is 6.48. The van der Waals surface area contributed by atoms with Crippen LogP contribution < -0.4 is 0 Å². The summed E-state index contributed by atoms with van der Waals surface area (Å²) in [5.74, 6) is -1.83. The highest BCUT2D eigenvalue weighted by Crippen LogP contribution is 2.26. The molecule has 0 aromatic rings. The Bertz CT molecular complexity index is 366. The molecule has 108 valence electrons. The van der Waals surface area contributed by atoms with Gasteiger partial charge in [-0.2, -0.15) is 0 Å². The van der Waals surface area contributed by atoms with Crippen molar-refractivity contribution in [3.8, 4) is 0 Å². The van der Waals surface area contributed by atoms with Crippen molar-refractivity contribution in [2.75, 3.05) is 6.61 Å². The summed E-state index contributed by atoms with van der Waals surface area (Å²) in [5, 5.41) is 9.63. The van der Waals surface area contributed by atoms with Crippen LogP contribution in [0.5, 0.6) is 0 Å². The lowest BCUT2D eigenvalue weighted by atomic mass is 10.1. The van der Waals surface area contributed by atoms with Crippen LogP contribution in [0.2, 0.25) is 0 Å². The third-order valence-electron chi connectivity index (χ3n) is 2.34. The van der Waals surface area contributed by atoms with Crippen LogP contribution in [0.15, 0.2) is 0 Å². The smallest absolute Gasteiger partial charge is 0.303 e. The highest BCUT2D eigenvalue weighted by Gasteiger charge is 2.48. The predicted molar refractivity (Wildman–Crippen MR) is 58.6 cm³/mol. The number of aliphatic hydroxyl groups is 1. The third-order valence-corrected chi connectivity index (χ3v) is 2.34. The lowest BCUT2D eigenvalue weighted by molar-refractivity contribution is -0.174. The minimum absolute atomic E-state index is 0.220. The van der Waals surface area contributed by atoms with Crippen molar-refractivity contribution in [1.82, 2.24) is 0 Å². The Balaban J connectivity index is 2.76. The van der Waals surface area contributed by atoms with E-state index in [1.54, 1.807) is 0 Å². The van der Waals surface area contributed by atoms with Crippen molar-refractivity contribution >= 4 is 17.9 Å². The predicted octanol–water partition coefficient (Wildman–Crippen LogP) is -0.870. The van der Waals surface area contributed by atoms with Crippen LogP contribution in [-0.4, -0.2) is 54.2 Å². The molecule has 1 aliphatic heterocycles. The minimum Gasteiger partial charge on any atom is -0.463 e. The summed E-state index contributed by atoms with van der Waals surface area (Å²) in [5.41, 5.74) is 0. The number of carbonyl (C=O) groups excluding carboxylic acids is 3. The first kappa shape index (κ1) is 15.4. The van der Waals surface area contributed by atoms with Crippen LogP contribution in [0.25, 0.3) is 0 Å². The van der Waals surface area contributed by atoms with E-state index in [4.69, 9.17) is 18.9 Å². The van der Waals surface area contributed by atoms with Crippen LogP contribution >= 0.6 is 0 Å². The fraction of sp³-hybridized carbons (Fsp3) is 0.727. The minimum atomic E-state index is -1.45. The van der Waals surface area contributed by atoms with E-state index >= 15 is 0 Å². The molecule has 8 heteroatoms. The van der Waals surface area contributed by atoms with Gasteiger partial charge in [0.1, 0.15) is 12.7 Å². The van der Waals surface area contributed by atoms with E-state index in [2.05, 4.69) is 0 Å². The van der Waals surface area contributed by atoms with E-state index in [-0.39, 0.29) is 6.61 Å². The fourth-order valence-corrected chi connectivity index (χ4v) is 1.69. The van der Waals surface area contributed by atoms with E-state index in [0.29, 0.717) is 0 Å². The van der Waals surface area contributed by atoms with Gasteiger partial charge in [0.2, 0.25) is 0 Å². The van der Waals surface area contributed by atoms with Gasteiger partial charge in [0.25, 0.3) is 0 Å². The molecule has 4 atom stereocenters. The monoisotopic (exact) mass is 276 g/mol. The van der Waals surface area contributed by atoms with E-state index < -0.39 is 42.5 Å². The Labute approximate surface area is 109 Å². The number of hydrogen-bond acceptors (Lipinski definition) is 8. The molecule has 0 aromatic carbocycles. The van der Waals surface area contributed by atoms with Gasteiger partial charge in [-0.1, -0.05) is 0 Å². The molecule has 1 fully saturated rings. The molecule has 19 heavy (non-hydrogen) atoms. The molecule has 1 heterocycles. The molecular weight excluding hydrogens is 260 g/mol. The largest absolute Gasteiger partial charge is 0.463 e. The summed E-state index contributed by atoms with van der Waals surface area (Å²) in [6.45, 7) is 3.30. The molecule has 1 N–H and O–H groups in total. The number of carbonyl (C=O) groups is 3. The zero-order valence-corrected chi connectivity index (χ0v) is 10.8. The molecule has 0 unspecified atom stereocenters. The number of hydrogen-bond donors (Lipinski definition) is 1. The Morgan fingerprint density at radius 1 is 1.00 bits per heavy atom. The average molecular weight is 276 g/mol. The second-order valence-electron chi connectivity index (χ2n) is 4.02. The van der Waals surface area contributed by atoms with E-state index in [9.17, 15) is 19.5 Å². The van der Waals surface area contributed by atoms with Gasteiger partial charge < -0.3 is 24.1 Å². The summed E-state index contributed by atoms with van der Waals surface area (Å²) in [6, 6.07) is 0. The molecule has 0 bridgehead atoms. The summed E-state index contributed by atoms with van der Waals surface area (Å²) in [7, 11) is 0. The van der Waals surface area contributed by atoms with Crippen molar-refractivity contribution in [1.29, 1.82) is 0 Å². The topological polar surface area (TPSA) is 108 Å². The van der Waals surface area contributed by atoms with Gasteiger partial charge in [-0.15, -0.1) is 0 Å². The molecule has 8 nitrogen and oxygen atoms in total. The first-order valence-corrected chi connectivity index (χ1v) is 5.62. The zero-order valence-electron chi connectivity index (χ0n) is 10.8. The number of rotatable bonds is 4. The number of aliphatic hydroxyl groups excluding tert-OH is 1. The van der Waals surface area contributed by atoms with Crippen LogP contribution in [0.4, 0.5) is 0 Å². The van der Waals surface area contributed by atoms with Gasteiger partial charge >= 0.3 is 17.9 Å². The Morgan fingerprint density at radius 3 is 2.00 bits per heavy atom. The van der Waals surface area contributed by atoms with E-state index in [1.807, 2.05) is 0 Å². The number of ether oxygens (including phenoxy) is 4. The molecule has 1 saturated heterocycles. The first-order valence-electron chi connectivity index (χ1n) is 5.62. The van der Waals surface area contributed by atoms with Crippen LogP contribution in [0, 0.1) is 0 Å². The highest BCUT2D eigenvalue weighted by molar-refractivity contribution is 5.67. The lowest BCUT2D eigenvalue weighted by Gasteiger charge is -2.21. The Morgan fingerprint density at radius 2 is 1.53 bits per heavy atom. The molecular formula is C11H16O8. The zero-order chi connectivity index (χ0) is 14.6. The van der Waals surface area contributed by atoms with E-state index in [0.717, 1.165) is 6.92 Å². The van der Waals surface area contributed by atoms with Gasteiger partial charge in [0.05, 0.1) is 0 Å². The third kappa shape index (κ3) is 4.49. The maximum Gasteiger partial charge on any atom is 0.303 e. The fourth-order valence-electron chi connectivity index (χ4n) is 1.69. The summed E-state index contributed by atoms with van der Waals surface area (Å²) in [6.07, 6.45) is -4.53. The summed E-state index contributed by atoms with van der Waals surface area (Å²) < 4.78 is 19.6. The molecule has 0 radical (unpaired) electrons. The number of esters is 3. The second-order valence-corrected chi connectivity index (χ2v) is 4.02. The maximum absolute atomic E-state index is 11.0. The van der Waals surface area contributed by atoms with Crippen LogP contribution in [0.3, 0.4) is 0 Å². The standard InChI is InChI=1S/C11H16O8/c1-5(12)16-4-8-9(17-6(2)13)10(11(15)19-8)18-7(3)14/h8-11,15H,4H2,1-3H3/t8-,9+,10+,11+/m0/s1. The average Bonchev–Trinajstić information content (AvgIpc) is 2.53. The van der Waals surface area contributed by atoms with Crippen molar-refractivity contribution in [2.45, 2.75) is 45.4 Å². The summed E-state index contributed by atoms with van der Waals surface area (Å²) >= 11 is 0. The quantitative estimate of drug-likeness (QED) is 0.521. The maximum atomic E-state index is 11.0. The lowest BCUT2D eigenvalue weighted by Crippen LogP contribution is -2.41. The van der Waals surface area contributed by atoms with Crippen LogP contribution in [-0.2, 0) is 33.3 Å². The molecule has 1 rings (SSSR count). The van der Waals surface area contributed by atoms with Gasteiger partial charge in [-0.3, -0.25) is 14.4 Å². The first-order chi connectivity index (χ1) is 8.81. The SMILES string of the molecule is CC(=O)OC[C@@H]1O[C@@H](O)[C@H](OC(C)=O)[C@@H]1OC(C)=O. The molecule has 0 saturated carbocycles. The van der Waals surface area contributed by atoms with Gasteiger partial charge in [0.15, 0.2) is 18.5 Å². The van der Waals surface area contributed by atoms with Gasteiger partial charge in [-0.05, 0) is 0 Å². The molecule has 0 aliphatic carbocycles.